The molecule has 0 aromatic heterocycles. The Kier molecular flexibility index (Phi) is 4.20. The summed E-state index contributed by atoms with van der Waals surface area (Å²) in [6.45, 7) is 4.91. The second-order valence-electron chi connectivity index (χ2n) is 5.37. The highest BCUT2D eigenvalue weighted by molar-refractivity contribution is 6.21. The Morgan fingerprint density at radius 1 is 1.50 bits per heavy atom. The Morgan fingerprint density at radius 2 is 2.06 bits per heavy atom. The monoisotopic (exact) mass is 283 g/mol. The number of alkyl halides is 3. The lowest BCUT2D eigenvalue weighted by atomic mass is 10.1. The molecule has 0 aliphatic carbocycles. The van der Waals surface area contributed by atoms with Gasteiger partial charge < -0.3 is 4.74 Å². The second-order valence-corrected chi connectivity index (χ2v) is 5.93. The van der Waals surface area contributed by atoms with Crippen LogP contribution in [0.3, 0.4) is 0 Å². The van der Waals surface area contributed by atoms with Crippen molar-refractivity contribution in [1.29, 1.82) is 0 Å². The fourth-order valence-electron chi connectivity index (χ4n) is 1.74. The van der Waals surface area contributed by atoms with Gasteiger partial charge in [0.05, 0.1) is 0 Å². The highest BCUT2D eigenvalue weighted by Gasteiger charge is 2.40. The molecule has 1 unspecified atom stereocenters. The molecule has 0 N–H and O–H groups in total. The van der Waals surface area contributed by atoms with Gasteiger partial charge in [0.25, 0.3) is 0 Å². The van der Waals surface area contributed by atoms with E-state index in [0.717, 1.165) is 4.90 Å². The number of likely N-dealkylation sites (tertiary alicyclic amines) is 1. The van der Waals surface area contributed by atoms with Crippen LogP contribution in [0.2, 0.25) is 0 Å². The molecule has 0 bridgehead atoms. The lowest BCUT2D eigenvalue weighted by Gasteiger charge is -2.23. The maximum Gasteiger partial charge on any atom is 0.417 e. The second kappa shape index (κ2) is 4.99. The van der Waals surface area contributed by atoms with E-state index in [-0.39, 0.29) is 13.0 Å². The number of amides is 2. The van der Waals surface area contributed by atoms with Crippen LogP contribution in [0.5, 0.6) is 0 Å². The molecule has 18 heavy (non-hydrogen) atoms. The molecule has 1 rings (SSSR count). The zero-order valence-electron chi connectivity index (χ0n) is 10.5. The fraction of sp³-hybridized carbons (Fsp3) is 0.818. The van der Waals surface area contributed by atoms with Gasteiger partial charge >= 0.3 is 11.5 Å². The van der Waals surface area contributed by atoms with Crippen LogP contribution in [0.25, 0.3) is 0 Å². The molecule has 2 amide bonds. The summed E-state index contributed by atoms with van der Waals surface area (Å²) in [6, 6.07) is 0. The number of ether oxygens (including phenoxy) is 1. The van der Waals surface area contributed by atoms with Crippen molar-refractivity contribution >= 4 is 23.6 Å². The van der Waals surface area contributed by atoms with Crippen molar-refractivity contribution in [3.8, 4) is 0 Å². The number of imide groups is 1. The summed E-state index contributed by atoms with van der Waals surface area (Å²) in [5.41, 5.74) is -0.730. The average Bonchev–Trinajstić information content (AvgIpc) is 2.39. The average molecular weight is 284 g/mol. The smallest absolute Gasteiger partial charge is 0.417 e. The molecule has 1 heterocycles. The molecule has 1 saturated heterocycles. The van der Waals surface area contributed by atoms with Gasteiger partial charge in [0.1, 0.15) is 5.60 Å². The molecule has 0 spiro atoms. The van der Waals surface area contributed by atoms with E-state index in [9.17, 15) is 18.4 Å². The van der Waals surface area contributed by atoms with Crippen LogP contribution in [0.4, 0.5) is 13.6 Å². The minimum atomic E-state index is -3.35. The van der Waals surface area contributed by atoms with Crippen molar-refractivity contribution in [2.45, 2.75) is 44.6 Å². The molecule has 0 aromatic rings. The maximum absolute atomic E-state index is 12.6. The summed E-state index contributed by atoms with van der Waals surface area (Å²) in [7, 11) is 0. The molecule has 1 fully saturated rings. The molecule has 1 aliphatic heterocycles. The molecular weight excluding hydrogens is 268 g/mol. The van der Waals surface area contributed by atoms with E-state index in [1.54, 1.807) is 20.8 Å². The molecule has 0 saturated carbocycles. The van der Waals surface area contributed by atoms with Gasteiger partial charge in [-0.3, -0.25) is 4.79 Å². The van der Waals surface area contributed by atoms with Gasteiger partial charge in [0.15, 0.2) is 0 Å². The lowest BCUT2D eigenvalue weighted by Crippen LogP contribution is -2.37. The third-order valence-corrected chi connectivity index (χ3v) is 2.49. The predicted octanol–water partition coefficient (Wildman–Crippen LogP) is 2.99. The zero-order chi connectivity index (χ0) is 14.1. The first kappa shape index (κ1) is 15.1. The number of carbonyl (C=O) groups is 2. The largest absolute Gasteiger partial charge is 0.443 e. The van der Waals surface area contributed by atoms with Crippen molar-refractivity contribution in [2.24, 2.45) is 5.92 Å². The van der Waals surface area contributed by atoms with Gasteiger partial charge in [-0.05, 0) is 38.3 Å². The van der Waals surface area contributed by atoms with E-state index in [1.807, 2.05) is 0 Å². The van der Waals surface area contributed by atoms with Crippen molar-refractivity contribution in [3.05, 3.63) is 0 Å². The third kappa shape index (κ3) is 4.76. The first-order chi connectivity index (χ1) is 7.98. The number of carbonyl (C=O) groups excluding carboxylic acids is 2. The molecular formula is C11H16ClF2NO3. The first-order valence-corrected chi connectivity index (χ1v) is 5.96. The van der Waals surface area contributed by atoms with E-state index in [4.69, 9.17) is 16.3 Å². The van der Waals surface area contributed by atoms with Crippen LogP contribution < -0.4 is 0 Å². The standard InChI is InChI=1S/C11H16ClF2NO3/c1-10(2,3)18-9(17)15-6-7(4-8(15)16)5-11(12,13)14/h7H,4-6H2,1-3H3. The minimum Gasteiger partial charge on any atom is -0.443 e. The maximum atomic E-state index is 12.6. The van der Waals surface area contributed by atoms with Crippen molar-refractivity contribution in [3.63, 3.8) is 0 Å². The minimum absolute atomic E-state index is 0.0734. The highest BCUT2D eigenvalue weighted by Crippen LogP contribution is 2.33. The Labute approximate surface area is 109 Å². The van der Waals surface area contributed by atoms with Gasteiger partial charge in [-0.15, -0.1) is 0 Å². The molecule has 7 heteroatoms. The normalized spacial score (nSPS) is 21.3. The Morgan fingerprint density at radius 3 is 2.50 bits per heavy atom. The SMILES string of the molecule is CC(C)(C)OC(=O)N1CC(CC(F)(F)Cl)CC1=O. The number of nitrogens with zero attached hydrogens (tertiary/aromatic N) is 1. The Balaban J connectivity index is 2.60. The molecule has 1 atom stereocenters. The predicted molar refractivity (Wildman–Crippen MR) is 61.5 cm³/mol. The summed E-state index contributed by atoms with van der Waals surface area (Å²) < 4.78 is 30.3. The van der Waals surface area contributed by atoms with Crippen molar-refractivity contribution in [2.75, 3.05) is 6.54 Å². The van der Waals surface area contributed by atoms with Gasteiger partial charge in [-0.1, -0.05) is 0 Å². The van der Waals surface area contributed by atoms with E-state index in [1.165, 1.54) is 0 Å². The highest BCUT2D eigenvalue weighted by atomic mass is 35.5. The number of halogens is 3. The number of hydrogen-bond donors (Lipinski definition) is 0. The first-order valence-electron chi connectivity index (χ1n) is 5.58. The van der Waals surface area contributed by atoms with Crippen LogP contribution in [0.15, 0.2) is 0 Å². The fourth-order valence-corrected chi connectivity index (χ4v) is 1.96. The summed E-state index contributed by atoms with van der Waals surface area (Å²) in [5, 5.41) is -3.35. The van der Waals surface area contributed by atoms with Gasteiger partial charge in [-0.2, -0.15) is 8.78 Å². The lowest BCUT2D eigenvalue weighted by molar-refractivity contribution is -0.127. The van der Waals surface area contributed by atoms with E-state index >= 15 is 0 Å². The number of hydrogen-bond acceptors (Lipinski definition) is 3. The van der Waals surface area contributed by atoms with E-state index in [2.05, 4.69) is 0 Å². The third-order valence-electron chi connectivity index (χ3n) is 2.34. The van der Waals surface area contributed by atoms with Crippen molar-refractivity contribution in [1.82, 2.24) is 4.90 Å². The summed E-state index contributed by atoms with van der Waals surface area (Å²) in [4.78, 5) is 24.0. The summed E-state index contributed by atoms with van der Waals surface area (Å²) >= 11 is 4.82. The molecule has 104 valence electrons. The topological polar surface area (TPSA) is 46.6 Å². The van der Waals surface area contributed by atoms with Crippen LogP contribution in [0.1, 0.15) is 33.6 Å². The van der Waals surface area contributed by atoms with Crippen LogP contribution in [-0.2, 0) is 9.53 Å². The van der Waals surface area contributed by atoms with Crippen molar-refractivity contribution < 1.29 is 23.1 Å². The van der Waals surface area contributed by atoms with Gasteiger partial charge in [0, 0.05) is 19.4 Å². The Hall–Kier alpha value is -0.910. The summed E-state index contributed by atoms with van der Waals surface area (Å²) in [6.07, 6.45) is -1.53. The summed E-state index contributed by atoms with van der Waals surface area (Å²) in [5.74, 6) is -1.13. The van der Waals surface area contributed by atoms with Crippen LogP contribution in [-0.4, -0.2) is 34.4 Å². The van der Waals surface area contributed by atoms with E-state index < -0.39 is 35.3 Å². The molecule has 4 nitrogen and oxygen atoms in total. The van der Waals surface area contributed by atoms with Crippen LogP contribution in [0, 0.1) is 5.92 Å². The molecule has 0 radical (unpaired) electrons. The van der Waals surface area contributed by atoms with E-state index in [0.29, 0.717) is 0 Å². The zero-order valence-corrected chi connectivity index (χ0v) is 11.3. The number of rotatable bonds is 2. The molecule has 1 aliphatic rings. The van der Waals surface area contributed by atoms with Gasteiger partial charge in [0.2, 0.25) is 5.91 Å². The molecule has 0 aromatic carbocycles. The van der Waals surface area contributed by atoms with Gasteiger partial charge in [-0.25, -0.2) is 9.69 Å². The quantitative estimate of drug-likeness (QED) is 0.732. The van der Waals surface area contributed by atoms with Crippen LogP contribution >= 0.6 is 11.6 Å². The Bertz CT molecular complexity index is 349.